The summed E-state index contributed by atoms with van der Waals surface area (Å²) >= 11 is 0. The number of hydrogen-bond donors (Lipinski definition) is 2. The summed E-state index contributed by atoms with van der Waals surface area (Å²) in [5.41, 5.74) is 1.86. The standard InChI is InChI=1S/C18H19N5O/c1-13(14-6-4-3-5-7-14)10-15-16(20-2)22-18(17(24)21-15)8-9-23(11-18)12-19/h3-7,10,22H,2,8-9,11H2,1H3,(H,21,24)/b13-10+/t18-/m0/s1. The molecule has 6 nitrogen and oxygen atoms in total. The van der Waals surface area contributed by atoms with Crippen LogP contribution >= 0.6 is 0 Å². The third-order valence-electron chi connectivity index (χ3n) is 4.45. The molecule has 0 bridgehead atoms. The van der Waals surface area contributed by atoms with Gasteiger partial charge in [0, 0.05) is 6.54 Å². The highest BCUT2D eigenvalue weighted by atomic mass is 16.2. The largest absolute Gasteiger partial charge is 0.353 e. The second-order valence-corrected chi connectivity index (χ2v) is 6.05. The molecular formula is C18H19N5O. The summed E-state index contributed by atoms with van der Waals surface area (Å²) in [5, 5.41) is 15.2. The lowest BCUT2D eigenvalue weighted by atomic mass is 9.94. The summed E-state index contributed by atoms with van der Waals surface area (Å²) in [6.45, 7) is 6.47. The highest BCUT2D eigenvalue weighted by molar-refractivity contribution is 5.91. The monoisotopic (exact) mass is 321 g/mol. The summed E-state index contributed by atoms with van der Waals surface area (Å²) in [7, 11) is 0. The Balaban J connectivity index is 1.92. The molecule has 1 fully saturated rings. The molecule has 0 unspecified atom stereocenters. The Kier molecular flexibility index (Phi) is 4.09. The fourth-order valence-corrected chi connectivity index (χ4v) is 3.06. The number of carbonyl (C=O) groups excluding carboxylic acids is 1. The van der Waals surface area contributed by atoms with Crippen LogP contribution in [0.15, 0.2) is 52.9 Å². The van der Waals surface area contributed by atoms with Crippen molar-refractivity contribution in [3.63, 3.8) is 0 Å². The molecule has 3 rings (SSSR count). The Morgan fingerprint density at radius 1 is 1.46 bits per heavy atom. The fourth-order valence-electron chi connectivity index (χ4n) is 3.06. The Morgan fingerprint density at radius 3 is 2.83 bits per heavy atom. The number of nitrogens with zero attached hydrogens (tertiary/aromatic N) is 3. The molecule has 1 amide bonds. The topological polar surface area (TPSA) is 80.5 Å². The third kappa shape index (κ3) is 2.76. The van der Waals surface area contributed by atoms with E-state index in [1.54, 1.807) is 4.90 Å². The van der Waals surface area contributed by atoms with Crippen LogP contribution in [-0.2, 0) is 4.79 Å². The number of benzene rings is 1. The molecule has 1 atom stereocenters. The lowest BCUT2D eigenvalue weighted by Crippen LogP contribution is -2.61. The third-order valence-corrected chi connectivity index (χ3v) is 4.45. The summed E-state index contributed by atoms with van der Waals surface area (Å²) < 4.78 is 0. The van der Waals surface area contributed by atoms with Crippen molar-refractivity contribution in [2.45, 2.75) is 18.9 Å². The average molecular weight is 321 g/mol. The van der Waals surface area contributed by atoms with Gasteiger partial charge in [-0.05, 0) is 37.3 Å². The Hall–Kier alpha value is -3.07. The maximum atomic E-state index is 12.6. The number of likely N-dealkylation sites (tertiary alicyclic amines) is 1. The van der Waals surface area contributed by atoms with Crippen LogP contribution in [0.1, 0.15) is 18.9 Å². The summed E-state index contributed by atoms with van der Waals surface area (Å²) in [6, 6.07) is 9.91. The molecule has 0 radical (unpaired) electrons. The zero-order valence-corrected chi connectivity index (χ0v) is 13.5. The molecule has 2 N–H and O–H groups in total. The van der Waals surface area contributed by atoms with Gasteiger partial charge in [0.1, 0.15) is 11.4 Å². The van der Waals surface area contributed by atoms with Crippen LogP contribution in [0.5, 0.6) is 0 Å². The Labute approximate surface area is 141 Å². The van der Waals surface area contributed by atoms with Crippen molar-refractivity contribution in [3.8, 4) is 6.19 Å². The fraction of sp³-hybridized carbons (Fsp3) is 0.278. The normalized spacial score (nSPS) is 23.8. The van der Waals surface area contributed by atoms with Gasteiger partial charge in [0.05, 0.1) is 12.2 Å². The van der Waals surface area contributed by atoms with Gasteiger partial charge in [0.2, 0.25) is 0 Å². The predicted octanol–water partition coefficient (Wildman–Crippen LogP) is 1.60. The van der Waals surface area contributed by atoms with E-state index < -0.39 is 5.54 Å². The lowest BCUT2D eigenvalue weighted by Gasteiger charge is -2.34. The maximum Gasteiger partial charge on any atom is 0.252 e. The zero-order chi connectivity index (χ0) is 17.2. The van der Waals surface area contributed by atoms with Gasteiger partial charge in [0.25, 0.3) is 5.91 Å². The molecule has 1 aromatic carbocycles. The summed E-state index contributed by atoms with van der Waals surface area (Å²) in [5.74, 6) is 0.393. The van der Waals surface area contributed by atoms with Crippen molar-refractivity contribution in [1.29, 1.82) is 5.26 Å². The molecule has 1 saturated heterocycles. The van der Waals surface area contributed by atoms with E-state index in [2.05, 4.69) is 28.5 Å². The molecule has 122 valence electrons. The van der Waals surface area contributed by atoms with E-state index in [1.165, 1.54) is 0 Å². The van der Waals surface area contributed by atoms with Gasteiger partial charge < -0.3 is 15.5 Å². The molecule has 1 aromatic rings. The average Bonchev–Trinajstić information content (AvgIpc) is 3.03. The molecule has 2 aliphatic heterocycles. The second kappa shape index (κ2) is 6.20. The first-order valence-corrected chi connectivity index (χ1v) is 7.77. The minimum Gasteiger partial charge on any atom is -0.353 e. The van der Waals surface area contributed by atoms with E-state index in [1.807, 2.05) is 43.3 Å². The summed E-state index contributed by atoms with van der Waals surface area (Å²) in [4.78, 5) is 18.2. The number of hydrogen-bond acceptors (Lipinski definition) is 5. The van der Waals surface area contributed by atoms with Crippen LogP contribution in [-0.4, -0.2) is 36.2 Å². The van der Waals surface area contributed by atoms with Gasteiger partial charge in [-0.25, -0.2) is 4.99 Å². The second-order valence-electron chi connectivity index (χ2n) is 6.05. The Bertz CT molecular complexity index is 774. The van der Waals surface area contributed by atoms with Crippen LogP contribution in [0.25, 0.3) is 5.57 Å². The highest BCUT2D eigenvalue weighted by Gasteiger charge is 2.47. The van der Waals surface area contributed by atoms with Gasteiger partial charge in [-0.1, -0.05) is 30.3 Å². The van der Waals surface area contributed by atoms with E-state index in [0.29, 0.717) is 31.0 Å². The molecule has 6 heteroatoms. The van der Waals surface area contributed by atoms with E-state index in [-0.39, 0.29) is 5.91 Å². The van der Waals surface area contributed by atoms with Gasteiger partial charge in [-0.2, -0.15) is 5.26 Å². The van der Waals surface area contributed by atoms with Crippen LogP contribution in [0, 0.1) is 11.5 Å². The van der Waals surface area contributed by atoms with E-state index in [9.17, 15) is 4.79 Å². The molecule has 2 aliphatic rings. The number of allylic oxidation sites excluding steroid dienone is 2. The number of amides is 1. The van der Waals surface area contributed by atoms with Crippen molar-refractivity contribution < 1.29 is 4.79 Å². The van der Waals surface area contributed by atoms with Crippen LogP contribution in [0.2, 0.25) is 0 Å². The number of aliphatic imine (C=N–C) groups is 1. The van der Waals surface area contributed by atoms with E-state index >= 15 is 0 Å². The highest BCUT2D eigenvalue weighted by Crippen LogP contribution is 2.28. The predicted molar refractivity (Wildman–Crippen MR) is 92.5 cm³/mol. The first kappa shape index (κ1) is 15.8. The molecule has 24 heavy (non-hydrogen) atoms. The smallest absolute Gasteiger partial charge is 0.252 e. The first-order valence-electron chi connectivity index (χ1n) is 7.77. The van der Waals surface area contributed by atoms with Gasteiger partial charge in [-0.15, -0.1) is 0 Å². The Morgan fingerprint density at radius 2 is 2.21 bits per heavy atom. The molecule has 1 spiro atoms. The minimum atomic E-state index is -0.815. The van der Waals surface area contributed by atoms with Crippen molar-refractivity contribution in [3.05, 3.63) is 53.5 Å². The van der Waals surface area contributed by atoms with Crippen molar-refractivity contribution in [2.75, 3.05) is 13.1 Å². The zero-order valence-electron chi connectivity index (χ0n) is 13.5. The number of rotatable bonds is 3. The van der Waals surface area contributed by atoms with Gasteiger partial charge in [-0.3, -0.25) is 4.79 Å². The van der Waals surface area contributed by atoms with Crippen molar-refractivity contribution in [2.24, 2.45) is 4.99 Å². The molecular weight excluding hydrogens is 302 g/mol. The quantitative estimate of drug-likeness (QED) is 0.655. The summed E-state index contributed by atoms with van der Waals surface area (Å²) in [6.07, 6.45) is 4.53. The minimum absolute atomic E-state index is 0.139. The molecule has 2 heterocycles. The van der Waals surface area contributed by atoms with E-state index in [4.69, 9.17) is 5.26 Å². The number of nitrogens with one attached hydrogen (secondary N) is 2. The molecule has 0 aliphatic carbocycles. The van der Waals surface area contributed by atoms with Gasteiger partial charge in [0.15, 0.2) is 6.19 Å². The van der Waals surface area contributed by atoms with Gasteiger partial charge >= 0.3 is 0 Å². The first-order chi connectivity index (χ1) is 11.6. The van der Waals surface area contributed by atoms with Crippen molar-refractivity contribution >= 4 is 18.2 Å². The van der Waals surface area contributed by atoms with Crippen LogP contribution in [0.3, 0.4) is 0 Å². The SMILES string of the molecule is C=NC1=C(/C=C(\C)c2ccccc2)NC(=O)[C@@]2(CCN(C#N)C2)N1. The van der Waals surface area contributed by atoms with Crippen LogP contribution in [0.4, 0.5) is 0 Å². The number of carbonyl (C=O) groups is 1. The molecule has 0 aromatic heterocycles. The maximum absolute atomic E-state index is 12.6. The molecule has 0 saturated carbocycles. The van der Waals surface area contributed by atoms with Crippen molar-refractivity contribution in [1.82, 2.24) is 15.5 Å². The number of nitriles is 1. The van der Waals surface area contributed by atoms with E-state index in [0.717, 1.165) is 11.1 Å². The van der Waals surface area contributed by atoms with Crippen LogP contribution < -0.4 is 10.6 Å². The lowest BCUT2D eigenvalue weighted by molar-refractivity contribution is -0.126.